The van der Waals surface area contributed by atoms with E-state index in [1.54, 1.807) is 12.4 Å². The maximum Gasteiger partial charge on any atom is 0.229 e. The van der Waals surface area contributed by atoms with Gasteiger partial charge in [-0.05, 0) is 25.5 Å². The first-order valence-electron chi connectivity index (χ1n) is 6.01. The van der Waals surface area contributed by atoms with Crippen LogP contribution in [0.4, 0.5) is 11.6 Å². The molecule has 2 rings (SSSR count). The van der Waals surface area contributed by atoms with Gasteiger partial charge in [0.1, 0.15) is 0 Å². The smallest absolute Gasteiger partial charge is 0.229 e. The number of aliphatic hydroxyl groups excluding tert-OH is 1. The van der Waals surface area contributed by atoms with Crippen molar-refractivity contribution in [2.75, 3.05) is 11.4 Å². The number of rotatable bonds is 4. The molecular weight excluding hydrogens is 226 g/mol. The van der Waals surface area contributed by atoms with Crippen molar-refractivity contribution in [2.24, 2.45) is 0 Å². The average molecular weight is 243 g/mol. The molecule has 0 aliphatic carbocycles. The zero-order valence-corrected chi connectivity index (χ0v) is 10.7. The quantitative estimate of drug-likeness (QED) is 0.896. The van der Waals surface area contributed by atoms with Gasteiger partial charge >= 0.3 is 0 Å². The van der Waals surface area contributed by atoms with Crippen LogP contribution in [0.3, 0.4) is 0 Å². The standard InChI is InChI=1S/C14H17N3O/c1-3-17(13-7-5-4-6-11(13)2)14-15-8-12(10-18)9-16-14/h4-9,18H,3,10H2,1-2H3. The zero-order valence-electron chi connectivity index (χ0n) is 10.7. The van der Waals surface area contributed by atoms with Gasteiger partial charge in [-0.1, -0.05) is 18.2 Å². The summed E-state index contributed by atoms with van der Waals surface area (Å²) in [5, 5.41) is 8.99. The van der Waals surface area contributed by atoms with Gasteiger partial charge in [-0.3, -0.25) is 0 Å². The van der Waals surface area contributed by atoms with E-state index in [9.17, 15) is 0 Å². The van der Waals surface area contributed by atoms with Crippen LogP contribution in [-0.4, -0.2) is 21.6 Å². The van der Waals surface area contributed by atoms with Crippen LogP contribution < -0.4 is 4.90 Å². The first-order chi connectivity index (χ1) is 8.76. The minimum atomic E-state index is -0.0310. The zero-order chi connectivity index (χ0) is 13.0. The number of para-hydroxylation sites is 1. The van der Waals surface area contributed by atoms with Crippen molar-refractivity contribution in [1.82, 2.24) is 9.97 Å². The minimum absolute atomic E-state index is 0.0310. The number of aryl methyl sites for hydroxylation is 1. The van der Waals surface area contributed by atoms with Crippen molar-refractivity contribution in [2.45, 2.75) is 20.5 Å². The Labute approximate surface area is 107 Å². The van der Waals surface area contributed by atoms with Crippen molar-refractivity contribution in [3.8, 4) is 0 Å². The highest BCUT2D eigenvalue weighted by Crippen LogP contribution is 2.24. The molecule has 1 aromatic heterocycles. The maximum absolute atomic E-state index is 8.99. The lowest BCUT2D eigenvalue weighted by molar-refractivity contribution is 0.281. The fourth-order valence-corrected chi connectivity index (χ4v) is 1.85. The third-order valence-electron chi connectivity index (χ3n) is 2.84. The molecule has 0 unspecified atom stereocenters. The number of hydrogen-bond donors (Lipinski definition) is 1. The van der Waals surface area contributed by atoms with Gasteiger partial charge in [0, 0.05) is 30.2 Å². The molecule has 0 spiro atoms. The van der Waals surface area contributed by atoms with E-state index >= 15 is 0 Å². The summed E-state index contributed by atoms with van der Waals surface area (Å²) < 4.78 is 0. The largest absolute Gasteiger partial charge is 0.392 e. The molecule has 2 aromatic rings. The van der Waals surface area contributed by atoms with E-state index in [2.05, 4.69) is 40.8 Å². The second-order valence-electron chi connectivity index (χ2n) is 4.08. The van der Waals surface area contributed by atoms with Crippen LogP contribution in [0.15, 0.2) is 36.7 Å². The SMILES string of the molecule is CCN(c1ncc(CO)cn1)c1ccccc1C. The van der Waals surface area contributed by atoms with Gasteiger partial charge in [0.05, 0.1) is 6.61 Å². The lowest BCUT2D eigenvalue weighted by Gasteiger charge is -2.22. The number of anilines is 2. The van der Waals surface area contributed by atoms with Gasteiger partial charge < -0.3 is 10.0 Å². The molecule has 0 amide bonds. The van der Waals surface area contributed by atoms with E-state index in [-0.39, 0.29) is 6.61 Å². The molecule has 0 atom stereocenters. The van der Waals surface area contributed by atoms with Crippen molar-refractivity contribution in [1.29, 1.82) is 0 Å². The fourth-order valence-electron chi connectivity index (χ4n) is 1.85. The van der Waals surface area contributed by atoms with Crippen molar-refractivity contribution < 1.29 is 5.11 Å². The Balaban J connectivity index is 2.36. The van der Waals surface area contributed by atoms with E-state index in [1.165, 1.54) is 5.56 Å². The molecule has 0 bridgehead atoms. The van der Waals surface area contributed by atoms with Crippen molar-refractivity contribution in [3.63, 3.8) is 0 Å². The Morgan fingerprint density at radius 2 is 1.83 bits per heavy atom. The predicted octanol–water partition coefficient (Wildman–Crippen LogP) is 2.44. The summed E-state index contributed by atoms with van der Waals surface area (Å²) in [4.78, 5) is 10.6. The second kappa shape index (κ2) is 5.60. The Hall–Kier alpha value is -1.94. The van der Waals surface area contributed by atoms with E-state index in [0.29, 0.717) is 5.95 Å². The van der Waals surface area contributed by atoms with Crippen LogP contribution >= 0.6 is 0 Å². The summed E-state index contributed by atoms with van der Waals surface area (Å²) in [7, 11) is 0. The number of aromatic nitrogens is 2. The monoisotopic (exact) mass is 243 g/mol. The van der Waals surface area contributed by atoms with Gasteiger partial charge in [0.2, 0.25) is 5.95 Å². The molecule has 1 N–H and O–H groups in total. The Bertz CT molecular complexity index is 511. The molecule has 18 heavy (non-hydrogen) atoms. The number of hydrogen-bond acceptors (Lipinski definition) is 4. The highest BCUT2D eigenvalue weighted by Gasteiger charge is 2.11. The van der Waals surface area contributed by atoms with E-state index in [1.807, 2.05) is 12.1 Å². The third-order valence-corrected chi connectivity index (χ3v) is 2.84. The summed E-state index contributed by atoms with van der Waals surface area (Å²) >= 11 is 0. The topological polar surface area (TPSA) is 49.2 Å². The summed E-state index contributed by atoms with van der Waals surface area (Å²) in [5.41, 5.74) is 3.02. The third kappa shape index (κ3) is 2.49. The molecule has 0 aliphatic heterocycles. The number of nitrogens with zero attached hydrogens (tertiary/aromatic N) is 3. The van der Waals surface area contributed by atoms with Crippen molar-refractivity contribution in [3.05, 3.63) is 47.8 Å². The van der Waals surface area contributed by atoms with Gasteiger partial charge in [0.15, 0.2) is 0 Å². The average Bonchev–Trinajstić information content (AvgIpc) is 2.42. The van der Waals surface area contributed by atoms with Gasteiger partial charge in [-0.15, -0.1) is 0 Å². The minimum Gasteiger partial charge on any atom is -0.392 e. The molecule has 0 aliphatic rings. The first-order valence-corrected chi connectivity index (χ1v) is 6.01. The maximum atomic E-state index is 8.99. The summed E-state index contributed by atoms with van der Waals surface area (Å²) in [5.74, 6) is 0.656. The molecular formula is C14H17N3O. The van der Waals surface area contributed by atoms with Crippen LogP contribution in [0.25, 0.3) is 0 Å². The molecule has 0 saturated carbocycles. The van der Waals surface area contributed by atoms with Gasteiger partial charge in [-0.2, -0.15) is 0 Å². The van der Waals surface area contributed by atoms with Gasteiger partial charge in [-0.25, -0.2) is 9.97 Å². The lowest BCUT2D eigenvalue weighted by atomic mass is 10.2. The summed E-state index contributed by atoms with van der Waals surface area (Å²) in [6, 6.07) is 8.15. The van der Waals surface area contributed by atoms with E-state index in [4.69, 9.17) is 5.11 Å². The Morgan fingerprint density at radius 3 is 2.39 bits per heavy atom. The number of benzene rings is 1. The van der Waals surface area contributed by atoms with Crippen LogP contribution in [0.5, 0.6) is 0 Å². The molecule has 0 fully saturated rings. The molecule has 0 saturated heterocycles. The summed E-state index contributed by atoms with van der Waals surface area (Å²) in [6.45, 7) is 4.90. The highest BCUT2D eigenvalue weighted by atomic mass is 16.3. The number of aliphatic hydroxyl groups is 1. The van der Waals surface area contributed by atoms with E-state index in [0.717, 1.165) is 17.8 Å². The Kier molecular flexibility index (Phi) is 3.89. The summed E-state index contributed by atoms with van der Waals surface area (Å²) in [6.07, 6.45) is 3.31. The van der Waals surface area contributed by atoms with Gasteiger partial charge in [0.25, 0.3) is 0 Å². The van der Waals surface area contributed by atoms with E-state index < -0.39 is 0 Å². The molecule has 0 radical (unpaired) electrons. The molecule has 94 valence electrons. The fraction of sp³-hybridized carbons (Fsp3) is 0.286. The van der Waals surface area contributed by atoms with Crippen molar-refractivity contribution >= 4 is 11.6 Å². The molecule has 4 nitrogen and oxygen atoms in total. The molecule has 4 heteroatoms. The molecule has 1 aromatic carbocycles. The molecule has 1 heterocycles. The normalized spacial score (nSPS) is 10.4. The lowest BCUT2D eigenvalue weighted by Crippen LogP contribution is -2.19. The highest BCUT2D eigenvalue weighted by molar-refractivity contribution is 5.61. The van der Waals surface area contributed by atoms with Crippen LogP contribution in [0.1, 0.15) is 18.1 Å². The van der Waals surface area contributed by atoms with Crippen LogP contribution in [-0.2, 0) is 6.61 Å². The second-order valence-corrected chi connectivity index (χ2v) is 4.08. The van der Waals surface area contributed by atoms with Crippen LogP contribution in [0.2, 0.25) is 0 Å². The predicted molar refractivity (Wildman–Crippen MR) is 71.8 cm³/mol. The van der Waals surface area contributed by atoms with Crippen LogP contribution in [0, 0.1) is 6.92 Å². The first kappa shape index (κ1) is 12.5. The Morgan fingerprint density at radius 1 is 1.17 bits per heavy atom.